The Morgan fingerprint density at radius 2 is 1.90 bits per heavy atom. The van der Waals surface area contributed by atoms with Crippen LogP contribution in [0.15, 0.2) is 0 Å². The minimum absolute atomic E-state index is 0.637. The molecule has 0 atom stereocenters. The molecular formula is C7H9NOSi. The lowest BCUT2D eigenvalue weighted by Crippen LogP contribution is -2.16. The fourth-order valence-corrected chi connectivity index (χ4v) is 0.761. The van der Waals surface area contributed by atoms with Gasteiger partial charge in [0, 0.05) is 0 Å². The predicted octanol–water partition coefficient (Wildman–Crippen LogP) is 0.960. The van der Waals surface area contributed by atoms with Crippen molar-refractivity contribution in [2.24, 2.45) is 0 Å². The molecule has 3 heteroatoms. The first kappa shape index (κ1) is 8.94. The van der Waals surface area contributed by atoms with Crippen molar-refractivity contribution in [3.8, 4) is 17.5 Å². The largest absolute Gasteiger partial charge is 0.304 e. The molecule has 0 N–H and O–H groups in total. The smallest absolute Gasteiger partial charge is 0.267 e. The summed E-state index contributed by atoms with van der Waals surface area (Å²) in [4.78, 5) is 10.3. The van der Waals surface area contributed by atoms with Gasteiger partial charge in [0.05, 0.1) is 0 Å². The Bertz CT molecular complexity index is 233. The van der Waals surface area contributed by atoms with E-state index in [9.17, 15) is 4.79 Å². The number of hydrogen-bond acceptors (Lipinski definition) is 2. The second-order valence-corrected chi connectivity index (χ2v) is 7.69. The number of nitrogens with zero attached hydrogens (tertiary/aromatic N) is 1. The van der Waals surface area contributed by atoms with Gasteiger partial charge in [-0.15, -0.1) is 5.54 Å². The second-order valence-electron chi connectivity index (χ2n) is 2.94. The molecule has 0 spiro atoms. The summed E-state index contributed by atoms with van der Waals surface area (Å²) in [6.07, 6.45) is 0. The van der Waals surface area contributed by atoms with Crippen LogP contribution in [0.1, 0.15) is 0 Å². The van der Waals surface area contributed by atoms with Gasteiger partial charge in [0.15, 0.2) is 6.07 Å². The molecule has 0 aliphatic heterocycles. The second kappa shape index (κ2) is 3.19. The van der Waals surface area contributed by atoms with Crippen LogP contribution in [0.5, 0.6) is 0 Å². The van der Waals surface area contributed by atoms with Crippen LogP contribution in [0.3, 0.4) is 0 Å². The molecule has 0 saturated heterocycles. The van der Waals surface area contributed by atoms with Crippen LogP contribution in [0.4, 0.5) is 0 Å². The third-order valence-corrected chi connectivity index (χ3v) is 1.53. The van der Waals surface area contributed by atoms with Crippen molar-refractivity contribution in [2.45, 2.75) is 19.6 Å². The fraction of sp³-hybridized carbons (Fsp3) is 0.429. The third kappa shape index (κ3) is 5.08. The van der Waals surface area contributed by atoms with E-state index in [0.717, 1.165) is 0 Å². The van der Waals surface area contributed by atoms with Gasteiger partial charge in [-0.2, -0.15) is 5.26 Å². The molecule has 52 valence electrons. The Kier molecular flexibility index (Phi) is 2.85. The summed E-state index contributed by atoms with van der Waals surface area (Å²) >= 11 is 0. The highest BCUT2D eigenvalue weighted by atomic mass is 28.3. The Hall–Kier alpha value is -1.06. The maximum Gasteiger partial charge on any atom is 0.304 e. The molecule has 0 radical (unpaired) electrons. The Morgan fingerprint density at radius 3 is 2.20 bits per heavy atom. The number of Topliss-reactive ketones (excluding diaryl/α,β-unsaturated/α-hetero) is 1. The molecule has 0 bridgehead atoms. The maximum atomic E-state index is 10.3. The predicted molar refractivity (Wildman–Crippen MR) is 41.7 cm³/mol. The molecule has 0 aromatic rings. The zero-order valence-electron chi connectivity index (χ0n) is 6.36. The van der Waals surface area contributed by atoms with Gasteiger partial charge in [0.2, 0.25) is 0 Å². The highest BCUT2D eigenvalue weighted by molar-refractivity contribution is 6.84. The minimum atomic E-state index is -1.47. The van der Waals surface area contributed by atoms with Crippen LogP contribution in [0.25, 0.3) is 0 Å². The van der Waals surface area contributed by atoms with E-state index in [1.165, 1.54) is 6.07 Å². The van der Waals surface area contributed by atoms with Crippen molar-refractivity contribution >= 4 is 13.9 Å². The highest BCUT2D eigenvalue weighted by Gasteiger charge is 2.07. The molecule has 0 fully saturated rings. The highest BCUT2D eigenvalue weighted by Crippen LogP contribution is 1.95. The van der Waals surface area contributed by atoms with Crippen molar-refractivity contribution < 1.29 is 4.79 Å². The quantitative estimate of drug-likeness (QED) is 0.294. The summed E-state index contributed by atoms with van der Waals surface area (Å²) in [7, 11) is -1.47. The van der Waals surface area contributed by atoms with Gasteiger partial charge in [-0.3, -0.25) is 4.79 Å². The third-order valence-electron chi connectivity index (χ3n) is 0.653. The van der Waals surface area contributed by atoms with Crippen molar-refractivity contribution in [3.63, 3.8) is 0 Å². The maximum absolute atomic E-state index is 10.3. The van der Waals surface area contributed by atoms with E-state index in [1.807, 2.05) is 19.6 Å². The van der Waals surface area contributed by atoms with Gasteiger partial charge < -0.3 is 0 Å². The SMILES string of the molecule is C[Si](C)(C)C#CC(=O)C#N. The van der Waals surface area contributed by atoms with Gasteiger partial charge in [0.1, 0.15) is 8.07 Å². The number of rotatable bonds is 0. The Labute approximate surface area is 61.9 Å². The van der Waals surface area contributed by atoms with Gasteiger partial charge in [-0.1, -0.05) is 19.6 Å². The molecule has 0 aliphatic carbocycles. The van der Waals surface area contributed by atoms with E-state index in [4.69, 9.17) is 5.26 Å². The van der Waals surface area contributed by atoms with E-state index >= 15 is 0 Å². The van der Waals surface area contributed by atoms with Gasteiger partial charge in [-0.05, 0) is 5.92 Å². The minimum Gasteiger partial charge on any atom is -0.267 e. The van der Waals surface area contributed by atoms with Gasteiger partial charge >= 0.3 is 5.78 Å². The van der Waals surface area contributed by atoms with Crippen molar-refractivity contribution in [2.75, 3.05) is 0 Å². The monoisotopic (exact) mass is 151 g/mol. The Balaban J connectivity index is 4.22. The lowest BCUT2D eigenvalue weighted by molar-refractivity contribution is -0.109. The zero-order valence-corrected chi connectivity index (χ0v) is 7.36. The molecule has 0 aliphatic rings. The molecule has 0 aromatic carbocycles. The van der Waals surface area contributed by atoms with E-state index in [-0.39, 0.29) is 0 Å². The van der Waals surface area contributed by atoms with Crippen molar-refractivity contribution in [3.05, 3.63) is 0 Å². The molecule has 2 nitrogen and oxygen atoms in total. The lowest BCUT2D eigenvalue weighted by atomic mass is 10.5. The summed E-state index contributed by atoms with van der Waals surface area (Å²) in [5.41, 5.74) is 2.79. The molecular weight excluding hydrogens is 142 g/mol. The summed E-state index contributed by atoms with van der Waals surface area (Å²) in [5.74, 6) is 1.65. The molecule has 0 heterocycles. The summed E-state index contributed by atoms with van der Waals surface area (Å²) < 4.78 is 0. The van der Waals surface area contributed by atoms with Crippen LogP contribution >= 0.6 is 0 Å². The zero-order chi connectivity index (χ0) is 8.20. The van der Waals surface area contributed by atoms with E-state index in [0.29, 0.717) is 0 Å². The average molecular weight is 151 g/mol. The normalized spacial score (nSPS) is 9.00. The number of carbonyl (C=O) groups excluding carboxylic acids is 1. The van der Waals surface area contributed by atoms with Gasteiger partial charge in [-0.25, -0.2) is 0 Å². The Morgan fingerprint density at radius 1 is 1.40 bits per heavy atom. The number of ketones is 1. The standard InChI is InChI=1S/C7H9NOSi/c1-10(2,3)5-4-7(9)6-8/h1-3H3. The molecule has 0 rings (SSSR count). The topological polar surface area (TPSA) is 40.9 Å². The van der Waals surface area contributed by atoms with Crippen molar-refractivity contribution in [1.82, 2.24) is 0 Å². The van der Waals surface area contributed by atoms with Crippen LogP contribution < -0.4 is 0 Å². The van der Waals surface area contributed by atoms with Crippen LogP contribution in [0, 0.1) is 22.8 Å². The molecule has 0 amide bonds. The number of hydrogen-bond donors (Lipinski definition) is 0. The lowest BCUT2D eigenvalue weighted by Gasteiger charge is -2.01. The summed E-state index contributed by atoms with van der Waals surface area (Å²) in [6.45, 7) is 6.06. The van der Waals surface area contributed by atoms with Crippen LogP contribution in [0.2, 0.25) is 19.6 Å². The van der Waals surface area contributed by atoms with Crippen molar-refractivity contribution in [1.29, 1.82) is 5.26 Å². The van der Waals surface area contributed by atoms with E-state index < -0.39 is 13.9 Å². The molecule has 0 aromatic heterocycles. The summed E-state index contributed by atoms with van der Waals surface area (Å²) in [5, 5.41) is 8.05. The van der Waals surface area contributed by atoms with Crippen LogP contribution in [-0.4, -0.2) is 13.9 Å². The fourth-order valence-electron chi connectivity index (χ4n) is 0.272. The summed E-state index contributed by atoms with van der Waals surface area (Å²) in [6, 6.07) is 1.45. The van der Waals surface area contributed by atoms with E-state index in [1.54, 1.807) is 0 Å². The van der Waals surface area contributed by atoms with E-state index in [2.05, 4.69) is 11.5 Å². The first-order valence-corrected chi connectivity index (χ1v) is 6.43. The number of nitriles is 1. The molecule has 0 unspecified atom stereocenters. The van der Waals surface area contributed by atoms with Gasteiger partial charge in [0.25, 0.3) is 0 Å². The molecule has 10 heavy (non-hydrogen) atoms. The average Bonchev–Trinajstić information content (AvgIpc) is 1.81. The van der Waals surface area contributed by atoms with Crippen LogP contribution in [-0.2, 0) is 4.79 Å². The molecule has 0 saturated carbocycles. The first-order chi connectivity index (χ1) is 4.45. The first-order valence-electron chi connectivity index (χ1n) is 2.93. The number of carbonyl (C=O) groups is 1.